The van der Waals surface area contributed by atoms with E-state index in [9.17, 15) is 14.4 Å². The van der Waals surface area contributed by atoms with Crippen LogP contribution in [0.15, 0.2) is 0 Å². The van der Waals surface area contributed by atoms with Crippen LogP contribution >= 0.6 is 0 Å². The number of ether oxygens (including phenoxy) is 1. The first kappa shape index (κ1) is 10.9. The van der Waals surface area contributed by atoms with Crippen LogP contribution in [0.5, 0.6) is 0 Å². The van der Waals surface area contributed by atoms with Gasteiger partial charge < -0.3 is 15.0 Å². The third-order valence-corrected chi connectivity index (χ3v) is 3.26. The van der Waals surface area contributed by atoms with E-state index in [0.29, 0.717) is 0 Å². The summed E-state index contributed by atoms with van der Waals surface area (Å²) in [4.78, 5) is 35.7. The van der Waals surface area contributed by atoms with E-state index in [1.54, 1.807) is 7.05 Å². The fourth-order valence-electron chi connectivity index (χ4n) is 2.16. The van der Waals surface area contributed by atoms with E-state index < -0.39 is 23.6 Å². The smallest absolute Gasteiger partial charge is 0.324 e. The van der Waals surface area contributed by atoms with Crippen molar-refractivity contribution in [1.82, 2.24) is 15.5 Å². The number of hydrogen-bond donors (Lipinski definition) is 2. The normalized spacial score (nSPS) is 33.4. The molecule has 2 atom stereocenters. The molecule has 2 rings (SSSR count). The molecule has 0 bridgehead atoms. The number of amides is 3. The highest BCUT2D eigenvalue weighted by molar-refractivity contribution is 6.07. The zero-order valence-electron chi connectivity index (χ0n) is 9.07. The summed E-state index contributed by atoms with van der Waals surface area (Å²) in [5, 5.41) is 5.12. The molecule has 0 aromatic rings. The van der Waals surface area contributed by atoms with Gasteiger partial charge in [0.05, 0.1) is 7.11 Å². The van der Waals surface area contributed by atoms with Crippen LogP contribution in [0, 0.1) is 0 Å². The van der Waals surface area contributed by atoms with Crippen LogP contribution in [0.2, 0.25) is 0 Å². The largest absolute Gasteiger partial charge is 0.468 e. The van der Waals surface area contributed by atoms with Gasteiger partial charge >= 0.3 is 12.0 Å². The van der Waals surface area contributed by atoms with Gasteiger partial charge in [0.15, 0.2) is 0 Å². The summed E-state index contributed by atoms with van der Waals surface area (Å²) < 4.78 is 4.60. The molecule has 2 saturated heterocycles. The lowest BCUT2D eigenvalue weighted by Gasteiger charge is -2.26. The fraction of sp³-hybridized carbons (Fsp3) is 0.667. The van der Waals surface area contributed by atoms with Gasteiger partial charge in [0, 0.05) is 20.0 Å². The highest BCUT2D eigenvalue weighted by Gasteiger charge is 2.56. The van der Waals surface area contributed by atoms with Gasteiger partial charge in [-0.25, -0.2) is 4.79 Å². The summed E-state index contributed by atoms with van der Waals surface area (Å²) in [5.74, 6) is -0.781. The van der Waals surface area contributed by atoms with Crippen molar-refractivity contribution in [1.29, 1.82) is 0 Å². The molecule has 0 saturated carbocycles. The van der Waals surface area contributed by atoms with Crippen LogP contribution in [0.25, 0.3) is 0 Å². The van der Waals surface area contributed by atoms with E-state index >= 15 is 0 Å². The number of hydrogen-bond acceptors (Lipinski definition) is 5. The molecule has 2 aliphatic heterocycles. The molecular formula is C9H13N3O4. The van der Waals surface area contributed by atoms with Crippen molar-refractivity contribution in [2.24, 2.45) is 0 Å². The van der Waals surface area contributed by atoms with Crippen molar-refractivity contribution in [3.8, 4) is 0 Å². The maximum Gasteiger partial charge on any atom is 0.324 e. The number of nitrogens with one attached hydrogen (secondary N) is 2. The molecule has 3 amide bonds. The van der Waals surface area contributed by atoms with E-state index in [4.69, 9.17) is 0 Å². The molecule has 16 heavy (non-hydrogen) atoms. The second kappa shape index (κ2) is 3.44. The highest BCUT2D eigenvalue weighted by Crippen LogP contribution is 2.30. The molecule has 0 aromatic carbocycles. The van der Waals surface area contributed by atoms with Gasteiger partial charge in [0.25, 0.3) is 5.91 Å². The maximum absolute atomic E-state index is 11.7. The number of imide groups is 1. The quantitative estimate of drug-likeness (QED) is 0.418. The number of carbonyl (C=O) groups excluding carboxylic acids is 3. The standard InChI is InChI=1S/C9H13N3O4/c1-12-8(15)11-7(14)9(12)3-5(10-4-9)6(13)16-2/h5,10H,3-4H2,1-2H3,(H,11,14,15). The molecule has 0 aromatic heterocycles. The van der Waals surface area contributed by atoms with Gasteiger partial charge in [-0.05, 0) is 0 Å². The Morgan fingerprint density at radius 3 is 2.75 bits per heavy atom. The Balaban J connectivity index is 2.20. The summed E-state index contributed by atoms with van der Waals surface area (Å²) >= 11 is 0. The topological polar surface area (TPSA) is 87.7 Å². The lowest BCUT2D eigenvalue weighted by Crippen LogP contribution is -2.49. The molecule has 2 fully saturated rings. The van der Waals surface area contributed by atoms with Gasteiger partial charge in [-0.1, -0.05) is 0 Å². The SMILES string of the molecule is COC(=O)C1CC2(CN1)C(=O)NC(=O)N2C. The zero-order chi connectivity index (χ0) is 11.9. The first-order valence-corrected chi connectivity index (χ1v) is 4.92. The van der Waals surface area contributed by atoms with Crippen LogP contribution in [-0.2, 0) is 14.3 Å². The summed E-state index contributed by atoms with van der Waals surface area (Å²) in [7, 11) is 2.83. The fourth-order valence-corrected chi connectivity index (χ4v) is 2.16. The number of likely N-dealkylation sites (N-methyl/N-ethyl adjacent to an activating group) is 1. The molecular weight excluding hydrogens is 214 g/mol. The summed E-state index contributed by atoms with van der Waals surface area (Å²) in [6, 6.07) is -0.971. The number of urea groups is 1. The number of rotatable bonds is 1. The number of esters is 1. The molecule has 88 valence electrons. The van der Waals surface area contributed by atoms with Crippen molar-refractivity contribution in [2.75, 3.05) is 20.7 Å². The van der Waals surface area contributed by atoms with Gasteiger partial charge in [-0.15, -0.1) is 0 Å². The molecule has 0 radical (unpaired) electrons. The van der Waals surface area contributed by atoms with Crippen molar-refractivity contribution < 1.29 is 19.1 Å². The number of carbonyl (C=O) groups is 3. The van der Waals surface area contributed by atoms with Crippen molar-refractivity contribution >= 4 is 17.9 Å². The van der Waals surface area contributed by atoms with Crippen molar-refractivity contribution in [2.45, 2.75) is 18.0 Å². The van der Waals surface area contributed by atoms with E-state index in [2.05, 4.69) is 15.4 Å². The minimum absolute atomic E-state index is 0.244. The Morgan fingerprint density at radius 1 is 1.56 bits per heavy atom. The van der Waals surface area contributed by atoms with Crippen LogP contribution in [0.1, 0.15) is 6.42 Å². The molecule has 2 aliphatic rings. The average molecular weight is 227 g/mol. The van der Waals surface area contributed by atoms with Gasteiger partial charge in [-0.2, -0.15) is 0 Å². The predicted molar refractivity (Wildman–Crippen MR) is 52.5 cm³/mol. The molecule has 2 unspecified atom stereocenters. The van der Waals surface area contributed by atoms with E-state index in [0.717, 1.165) is 0 Å². The van der Waals surface area contributed by atoms with Crippen LogP contribution < -0.4 is 10.6 Å². The predicted octanol–water partition coefficient (Wildman–Crippen LogP) is -1.56. The van der Waals surface area contributed by atoms with Crippen LogP contribution in [0.3, 0.4) is 0 Å². The first-order chi connectivity index (χ1) is 7.51. The van der Waals surface area contributed by atoms with Gasteiger partial charge in [-0.3, -0.25) is 14.9 Å². The first-order valence-electron chi connectivity index (χ1n) is 4.92. The van der Waals surface area contributed by atoms with Gasteiger partial charge in [0.1, 0.15) is 11.6 Å². The van der Waals surface area contributed by atoms with Gasteiger partial charge in [0.2, 0.25) is 0 Å². The summed E-state index contributed by atoms with van der Waals surface area (Å²) in [5.41, 5.74) is -0.948. The third-order valence-electron chi connectivity index (χ3n) is 3.26. The Labute approximate surface area is 92.1 Å². The van der Waals surface area contributed by atoms with Crippen molar-refractivity contribution in [3.05, 3.63) is 0 Å². The maximum atomic E-state index is 11.7. The zero-order valence-corrected chi connectivity index (χ0v) is 9.07. The lowest BCUT2D eigenvalue weighted by atomic mass is 9.95. The third kappa shape index (κ3) is 1.28. The van der Waals surface area contributed by atoms with E-state index in [1.165, 1.54) is 12.0 Å². The minimum atomic E-state index is -0.948. The summed E-state index contributed by atoms with van der Waals surface area (Å²) in [6.07, 6.45) is 0.244. The molecule has 7 heteroatoms. The molecule has 1 spiro atoms. The molecule has 7 nitrogen and oxygen atoms in total. The van der Waals surface area contributed by atoms with E-state index in [-0.39, 0.29) is 18.9 Å². The molecule has 2 N–H and O–H groups in total. The van der Waals surface area contributed by atoms with Crippen LogP contribution in [0.4, 0.5) is 4.79 Å². The number of methoxy groups -OCH3 is 1. The Bertz CT molecular complexity index is 370. The van der Waals surface area contributed by atoms with E-state index in [1.807, 2.05) is 0 Å². The van der Waals surface area contributed by atoms with Crippen LogP contribution in [-0.4, -0.2) is 55.1 Å². The Morgan fingerprint density at radius 2 is 2.25 bits per heavy atom. The summed E-state index contributed by atoms with van der Waals surface area (Å²) in [6.45, 7) is 0.265. The minimum Gasteiger partial charge on any atom is -0.468 e. The number of nitrogens with zero attached hydrogens (tertiary/aromatic N) is 1. The molecule has 0 aliphatic carbocycles. The lowest BCUT2D eigenvalue weighted by molar-refractivity contribution is -0.142. The second-order valence-corrected chi connectivity index (χ2v) is 4.01. The monoisotopic (exact) mass is 227 g/mol. The second-order valence-electron chi connectivity index (χ2n) is 4.01. The highest BCUT2D eigenvalue weighted by atomic mass is 16.5. The Kier molecular flexibility index (Phi) is 2.34. The average Bonchev–Trinajstić information content (AvgIpc) is 2.79. The Hall–Kier alpha value is -1.63. The molecule has 2 heterocycles. The van der Waals surface area contributed by atoms with Crippen molar-refractivity contribution in [3.63, 3.8) is 0 Å².